The molecule has 6 nitrogen and oxygen atoms in total. The molecule has 0 spiro atoms. The van der Waals surface area contributed by atoms with E-state index < -0.39 is 10.9 Å². The summed E-state index contributed by atoms with van der Waals surface area (Å²) in [6.07, 6.45) is -0.250. The van der Waals surface area contributed by atoms with Gasteiger partial charge in [0.1, 0.15) is 5.58 Å². The van der Waals surface area contributed by atoms with Gasteiger partial charge in [0.2, 0.25) is 5.76 Å². The van der Waals surface area contributed by atoms with Crippen LogP contribution in [0.15, 0.2) is 28.7 Å². The van der Waals surface area contributed by atoms with Gasteiger partial charge < -0.3 is 9.15 Å². The van der Waals surface area contributed by atoms with E-state index >= 15 is 0 Å². The minimum atomic E-state index is -0.580. The first kappa shape index (κ1) is 12.1. The molecule has 0 bridgehead atoms. The molecule has 0 atom stereocenters. The maximum atomic E-state index is 11.6. The van der Waals surface area contributed by atoms with Crippen molar-refractivity contribution >= 4 is 22.6 Å². The van der Waals surface area contributed by atoms with Crippen LogP contribution >= 0.6 is 0 Å². The number of fused-ring (bicyclic) bond motifs is 1. The fraction of sp³-hybridized carbons (Fsp3) is 0.250. The number of carbonyl (C=O) groups is 1. The molecule has 0 saturated heterocycles. The molecule has 0 aliphatic carbocycles. The first-order valence-electron chi connectivity index (χ1n) is 5.36. The molecule has 0 aliphatic heterocycles. The third-order valence-electron chi connectivity index (χ3n) is 2.26. The van der Waals surface area contributed by atoms with Gasteiger partial charge in [0.05, 0.1) is 17.1 Å². The highest BCUT2D eigenvalue weighted by Gasteiger charge is 2.16. The van der Waals surface area contributed by atoms with E-state index in [1.807, 2.05) is 0 Å². The molecule has 2 rings (SSSR count). The average molecular weight is 249 g/mol. The summed E-state index contributed by atoms with van der Waals surface area (Å²) in [6, 6.07) is 5.67. The van der Waals surface area contributed by atoms with E-state index in [4.69, 9.17) is 9.15 Å². The molecule has 0 unspecified atom stereocenters. The van der Waals surface area contributed by atoms with Crippen LogP contribution in [0.25, 0.3) is 11.0 Å². The number of hydrogen-bond donors (Lipinski definition) is 0. The Morgan fingerprint density at radius 2 is 2.11 bits per heavy atom. The molecule has 18 heavy (non-hydrogen) atoms. The van der Waals surface area contributed by atoms with Crippen molar-refractivity contribution in [3.05, 3.63) is 40.1 Å². The number of nitro benzene ring substituents is 1. The van der Waals surface area contributed by atoms with Crippen LogP contribution in [0.2, 0.25) is 0 Å². The maximum Gasteiger partial charge on any atom is 0.374 e. The Morgan fingerprint density at radius 1 is 1.39 bits per heavy atom. The smallest absolute Gasteiger partial charge is 0.374 e. The Kier molecular flexibility index (Phi) is 3.01. The second kappa shape index (κ2) is 4.48. The van der Waals surface area contributed by atoms with Gasteiger partial charge in [-0.1, -0.05) is 0 Å². The molecular weight excluding hydrogens is 238 g/mol. The van der Waals surface area contributed by atoms with Crippen LogP contribution in [0.1, 0.15) is 24.4 Å². The number of ether oxygens (including phenoxy) is 1. The van der Waals surface area contributed by atoms with Crippen LogP contribution in [0.3, 0.4) is 0 Å². The van der Waals surface area contributed by atoms with E-state index in [0.29, 0.717) is 11.0 Å². The van der Waals surface area contributed by atoms with Gasteiger partial charge >= 0.3 is 5.97 Å². The first-order chi connectivity index (χ1) is 8.47. The highest BCUT2D eigenvalue weighted by Crippen LogP contribution is 2.24. The van der Waals surface area contributed by atoms with Gasteiger partial charge in [-0.15, -0.1) is 0 Å². The predicted octanol–water partition coefficient (Wildman–Crippen LogP) is 2.91. The van der Waals surface area contributed by atoms with Gasteiger partial charge in [0.15, 0.2) is 0 Å². The number of furan rings is 1. The molecule has 0 radical (unpaired) electrons. The molecule has 1 aromatic carbocycles. The quantitative estimate of drug-likeness (QED) is 0.474. The summed E-state index contributed by atoms with van der Waals surface area (Å²) >= 11 is 0. The number of nitrogens with zero attached hydrogens (tertiary/aromatic N) is 1. The number of hydrogen-bond acceptors (Lipinski definition) is 5. The molecule has 94 valence electrons. The zero-order chi connectivity index (χ0) is 13.3. The van der Waals surface area contributed by atoms with Gasteiger partial charge in [-0.05, 0) is 26.0 Å². The van der Waals surface area contributed by atoms with Crippen molar-refractivity contribution in [2.24, 2.45) is 0 Å². The van der Waals surface area contributed by atoms with Crippen molar-refractivity contribution in [1.29, 1.82) is 0 Å². The highest BCUT2D eigenvalue weighted by molar-refractivity contribution is 5.93. The number of benzene rings is 1. The molecule has 0 fully saturated rings. The molecule has 2 aromatic rings. The van der Waals surface area contributed by atoms with Crippen molar-refractivity contribution in [2.75, 3.05) is 0 Å². The lowest BCUT2D eigenvalue weighted by molar-refractivity contribution is -0.384. The van der Waals surface area contributed by atoms with E-state index in [1.165, 1.54) is 24.3 Å². The van der Waals surface area contributed by atoms with Crippen molar-refractivity contribution in [3.63, 3.8) is 0 Å². The summed E-state index contributed by atoms with van der Waals surface area (Å²) in [4.78, 5) is 21.7. The summed E-state index contributed by atoms with van der Waals surface area (Å²) in [5.74, 6) is -0.539. The normalized spacial score (nSPS) is 10.8. The third kappa shape index (κ3) is 2.32. The number of nitro groups is 1. The average Bonchev–Trinajstić information content (AvgIpc) is 2.70. The van der Waals surface area contributed by atoms with Crippen LogP contribution < -0.4 is 0 Å². The fourth-order valence-corrected chi connectivity index (χ4v) is 1.51. The molecule has 0 N–H and O–H groups in total. The molecule has 0 aliphatic rings. The second-order valence-corrected chi connectivity index (χ2v) is 4.04. The summed E-state index contributed by atoms with van der Waals surface area (Å²) in [6.45, 7) is 3.46. The van der Waals surface area contributed by atoms with Crippen molar-refractivity contribution in [3.8, 4) is 0 Å². The van der Waals surface area contributed by atoms with Crippen LogP contribution in [0.5, 0.6) is 0 Å². The van der Waals surface area contributed by atoms with Gasteiger partial charge in [-0.25, -0.2) is 4.79 Å². The minimum absolute atomic E-state index is 0.0409. The number of esters is 1. The summed E-state index contributed by atoms with van der Waals surface area (Å²) < 4.78 is 10.2. The van der Waals surface area contributed by atoms with Gasteiger partial charge in [0.25, 0.3) is 5.69 Å². The van der Waals surface area contributed by atoms with Crippen LogP contribution in [-0.2, 0) is 4.74 Å². The Bertz CT molecular complexity index is 614. The molecule has 0 amide bonds. The Morgan fingerprint density at radius 3 is 2.72 bits per heavy atom. The van der Waals surface area contributed by atoms with E-state index in [1.54, 1.807) is 13.8 Å². The van der Waals surface area contributed by atoms with Gasteiger partial charge in [0, 0.05) is 11.5 Å². The lowest BCUT2D eigenvalue weighted by atomic mass is 10.2. The lowest BCUT2D eigenvalue weighted by Crippen LogP contribution is -2.10. The maximum absolute atomic E-state index is 11.6. The van der Waals surface area contributed by atoms with E-state index in [2.05, 4.69) is 0 Å². The largest absolute Gasteiger partial charge is 0.457 e. The SMILES string of the molecule is CC(C)OC(=O)c1cc2ccc([N+](=O)[O-])cc2o1. The van der Waals surface area contributed by atoms with Crippen LogP contribution in [0, 0.1) is 10.1 Å². The fourth-order valence-electron chi connectivity index (χ4n) is 1.51. The molecule has 0 saturated carbocycles. The van der Waals surface area contributed by atoms with Gasteiger partial charge in [-0.3, -0.25) is 10.1 Å². The van der Waals surface area contributed by atoms with Crippen molar-refractivity contribution in [2.45, 2.75) is 20.0 Å². The third-order valence-corrected chi connectivity index (χ3v) is 2.26. The van der Waals surface area contributed by atoms with E-state index in [-0.39, 0.29) is 17.6 Å². The summed E-state index contributed by atoms with van der Waals surface area (Å²) in [5.41, 5.74) is 0.209. The number of rotatable bonds is 3. The zero-order valence-electron chi connectivity index (χ0n) is 9.88. The van der Waals surface area contributed by atoms with Crippen LogP contribution in [0.4, 0.5) is 5.69 Å². The van der Waals surface area contributed by atoms with Gasteiger partial charge in [-0.2, -0.15) is 0 Å². The van der Waals surface area contributed by atoms with Crippen molar-refractivity contribution in [1.82, 2.24) is 0 Å². The minimum Gasteiger partial charge on any atom is -0.457 e. The van der Waals surface area contributed by atoms with E-state index in [0.717, 1.165) is 0 Å². The Balaban J connectivity index is 2.38. The number of carbonyl (C=O) groups excluding carboxylic acids is 1. The molecular formula is C12H11NO5. The Hall–Kier alpha value is -2.37. The lowest BCUT2D eigenvalue weighted by Gasteiger charge is -2.04. The molecule has 1 heterocycles. The topological polar surface area (TPSA) is 82.6 Å². The van der Waals surface area contributed by atoms with E-state index in [9.17, 15) is 14.9 Å². The zero-order valence-corrected chi connectivity index (χ0v) is 9.88. The summed E-state index contributed by atoms with van der Waals surface area (Å²) in [7, 11) is 0. The summed E-state index contributed by atoms with van der Waals surface area (Å²) in [5, 5.41) is 11.2. The monoisotopic (exact) mass is 249 g/mol. The standard InChI is InChI=1S/C12H11NO5/c1-7(2)17-12(14)11-5-8-3-4-9(13(15)16)6-10(8)18-11/h3-7H,1-2H3. The predicted molar refractivity (Wildman–Crippen MR) is 63.4 cm³/mol. The highest BCUT2D eigenvalue weighted by atomic mass is 16.6. The number of non-ortho nitro benzene ring substituents is 1. The van der Waals surface area contributed by atoms with Crippen LogP contribution in [-0.4, -0.2) is 17.0 Å². The Labute approximate surface area is 102 Å². The van der Waals surface area contributed by atoms with Crippen molar-refractivity contribution < 1.29 is 18.9 Å². The molecule has 1 aromatic heterocycles. The molecule has 6 heteroatoms. The first-order valence-corrected chi connectivity index (χ1v) is 5.36. The second-order valence-electron chi connectivity index (χ2n) is 4.04.